The topological polar surface area (TPSA) is 57.5 Å². The van der Waals surface area contributed by atoms with Gasteiger partial charge in [0, 0.05) is 18.4 Å². The van der Waals surface area contributed by atoms with Crippen molar-refractivity contribution in [2.24, 2.45) is 0 Å². The number of aromatic hydroxyl groups is 1. The number of carbonyl (C=O) groups is 1. The molecule has 0 aliphatic rings. The molecule has 0 heterocycles. The molecule has 16 heavy (non-hydrogen) atoms. The summed E-state index contributed by atoms with van der Waals surface area (Å²) in [5, 5.41) is 17.5. The van der Waals surface area contributed by atoms with Gasteiger partial charge in [0.15, 0.2) is 0 Å². The molecule has 0 saturated carbocycles. The Morgan fingerprint density at radius 1 is 1.19 bits per heavy atom. The minimum atomic E-state index is -0.758. The highest BCUT2D eigenvalue weighted by molar-refractivity contribution is 5.66. The molecule has 1 aromatic rings. The van der Waals surface area contributed by atoms with Gasteiger partial charge in [-0.15, -0.1) is 0 Å². The normalized spacial score (nSPS) is 9.25. The number of hydrogen-bond acceptors (Lipinski definition) is 2. The lowest BCUT2D eigenvalue weighted by Gasteiger charge is -1.92. The van der Waals surface area contributed by atoms with Crippen LogP contribution >= 0.6 is 0 Å². The molecule has 0 aliphatic carbocycles. The third kappa shape index (κ3) is 5.06. The summed E-state index contributed by atoms with van der Waals surface area (Å²) in [5.74, 6) is 5.39. The third-order valence-electron chi connectivity index (χ3n) is 2.04. The van der Waals surface area contributed by atoms with Gasteiger partial charge in [0.2, 0.25) is 0 Å². The summed E-state index contributed by atoms with van der Waals surface area (Å²) < 4.78 is 0. The largest absolute Gasteiger partial charge is 0.508 e. The van der Waals surface area contributed by atoms with E-state index in [1.807, 2.05) is 0 Å². The Balaban J connectivity index is 2.27. The van der Waals surface area contributed by atoms with Crippen LogP contribution in [0.1, 0.15) is 31.2 Å². The van der Waals surface area contributed by atoms with Crippen molar-refractivity contribution >= 4 is 5.97 Å². The molecule has 0 amide bonds. The lowest BCUT2D eigenvalue weighted by Crippen LogP contribution is -1.92. The van der Waals surface area contributed by atoms with E-state index >= 15 is 0 Å². The molecular formula is C13H14O3. The van der Waals surface area contributed by atoms with Gasteiger partial charge < -0.3 is 10.2 Å². The second-order valence-corrected chi connectivity index (χ2v) is 3.45. The number of benzene rings is 1. The Morgan fingerprint density at radius 3 is 2.50 bits per heavy atom. The van der Waals surface area contributed by atoms with Crippen molar-refractivity contribution in [1.82, 2.24) is 0 Å². The lowest BCUT2D eigenvalue weighted by molar-refractivity contribution is -0.137. The van der Waals surface area contributed by atoms with E-state index in [0.29, 0.717) is 12.8 Å². The van der Waals surface area contributed by atoms with E-state index in [0.717, 1.165) is 12.0 Å². The van der Waals surface area contributed by atoms with Crippen LogP contribution in [0.4, 0.5) is 0 Å². The fraction of sp³-hybridized carbons (Fsp3) is 0.308. The van der Waals surface area contributed by atoms with Crippen molar-refractivity contribution in [3.63, 3.8) is 0 Å². The monoisotopic (exact) mass is 218 g/mol. The molecule has 84 valence electrons. The highest BCUT2D eigenvalue weighted by Crippen LogP contribution is 2.08. The van der Waals surface area contributed by atoms with Gasteiger partial charge in [-0.2, -0.15) is 0 Å². The second kappa shape index (κ2) is 6.52. The molecule has 0 unspecified atom stereocenters. The summed E-state index contributed by atoms with van der Waals surface area (Å²) in [4.78, 5) is 10.2. The van der Waals surface area contributed by atoms with Crippen LogP contribution in [0.2, 0.25) is 0 Å². The fourth-order valence-electron chi connectivity index (χ4n) is 1.20. The van der Waals surface area contributed by atoms with Gasteiger partial charge in [0.1, 0.15) is 5.75 Å². The Labute approximate surface area is 94.7 Å². The predicted octanol–water partition coefficient (Wildman–Crippen LogP) is 2.39. The van der Waals surface area contributed by atoms with Crippen LogP contribution in [0, 0.1) is 11.8 Å². The zero-order valence-corrected chi connectivity index (χ0v) is 8.94. The van der Waals surface area contributed by atoms with Crippen molar-refractivity contribution < 1.29 is 15.0 Å². The first-order valence-corrected chi connectivity index (χ1v) is 5.18. The second-order valence-electron chi connectivity index (χ2n) is 3.45. The van der Waals surface area contributed by atoms with Crippen molar-refractivity contribution in [2.75, 3.05) is 0 Å². The summed E-state index contributed by atoms with van der Waals surface area (Å²) in [5.41, 5.74) is 0.857. The quantitative estimate of drug-likeness (QED) is 0.602. The zero-order chi connectivity index (χ0) is 11.8. The molecule has 0 radical (unpaired) electrons. The van der Waals surface area contributed by atoms with E-state index < -0.39 is 5.97 Å². The van der Waals surface area contributed by atoms with Crippen LogP contribution < -0.4 is 0 Å². The molecule has 0 spiro atoms. The van der Waals surface area contributed by atoms with Crippen molar-refractivity contribution in [3.05, 3.63) is 29.8 Å². The number of phenols is 1. The number of carboxylic acid groups (broad SMARTS) is 1. The van der Waals surface area contributed by atoms with Crippen LogP contribution in [0.25, 0.3) is 0 Å². The zero-order valence-electron chi connectivity index (χ0n) is 8.94. The summed E-state index contributed by atoms with van der Waals surface area (Å²) in [6, 6.07) is 6.68. The van der Waals surface area contributed by atoms with Crippen LogP contribution in [-0.4, -0.2) is 16.2 Å². The van der Waals surface area contributed by atoms with Crippen molar-refractivity contribution in [2.45, 2.75) is 25.7 Å². The van der Waals surface area contributed by atoms with E-state index in [1.54, 1.807) is 24.3 Å². The van der Waals surface area contributed by atoms with Gasteiger partial charge in [-0.05, 0) is 37.1 Å². The Kier molecular flexibility index (Phi) is 4.94. The van der Waals surface area contributed by atoms with Crippen LogP contribution in [0.3, 0.4) is 0 Å². The molecule has 3 nitrogen and oxygen atoms in total. The van der Waals surface area contributed by atoms with Crippen molar-refractivity contribution in [1.29, 1.82) is 0 Å². The van der Waals surface area contributed by atoms with E-state index in [4.69, 9.17) is 10.2 Å². The maximum Gasteiger partial charge on any atom is 0.303 e. The van der Waals surface area contributed by atoms with Crippen LogP contribution in [0.15, 0.2) is 24.3 Å². The highest BCUT2D eigenvalue weighted by Gasteiger charge is 1.94. The predicted molar refractivity (Wildman–Crippen MR) is 61.1 cm³/mol. The number of rotatable bonds is 4. The Bertz CT molecular complexity index is 395. The molecule has 2 N–H and O–H groups in total. The number of aliphatic carboxylic acids is 1. The first-order chi connectivity index (χ1) is 7.68. The van der Waals surface area contributed by atoms with E-state index in [2.05, 4.69) is 11.8 Å². The fourth-order valence-corrected chi connectivity index (χ4v) is 1.20. The minimum absolute atomic E-state index is 0.209. The van der Waals surface area contributed by atoms with Gasteiger partial charge >= 0.3 is 5.97 Å². The first kappa shape index (κ1) is 12.1. The Morgan fingerprint density at radius 2 is 1.88 bits per heavy atom. The smallest absolute Gasteiger partial charge is 0.303 e. The summed E-state index contributed by atoms with van der Waals surface area (Å²) in [6.45, 7) is 0. The van der Waals surface area contributed by atoms with Gasteiger partial charge in [-0.1, -0.05) is 11.8 Å². The van der Waals surface area contributed by atoms with E-state index in [-0.39, 0.29) is 12.2 Å². The van der Waals surface area contributed by atoms with Gasteiger partial charge in [-0.3, -0.25) is 4.79 Å². The molecular weight excluding hydrogens is 204 g/mol. The number of unbranched alkanes of at least 4 members (excludes halogenated alkanes) is 2. The molecule has 0 bridgehead atoms. The third-order valence-corrected chi connectivity index (χ3v) is 2.04. The molecule has 0 fully saturated rings. The molecule has 0 aliphatic heterocycles. The van der Waals surface area contributed by atoms with Crippen LogP contribution in [0.5, 0.6) is 5.75 Å². The van der Waals surface area contributed by atoms with Gasteiger partial charge in [0.25, 0.3) is 0 Å². The Hall–Kier alpha value is -1.95. The van der Waals surface area contributed by atoms with Crippen LogP contribution in [-0.2, 0) is 4.79 Å². The molecule has 0 atom stereocenters. The summed E-state index contributed by atoms with van der Waals surface area (Å²) >= 11 is 0. The SMILES string of the molecule is O=C(O)CCCCC#Cc1ccc(O)cc1. The number of phenolic OH excluding ortho intramolecular Hbond substituents is 1. The van der Waals surface area contributed by atoms with E-state index in [9.17, 15) is 4.79 Å². The molecule has 1 aromatic carbocycles. The first-order valence-electron chi connectivity index (χ1n) is 5.18. The minimum Gasteiger partial charge on any atom is -0.508 e. The van der Waals surface area contributed by atoms with E-state index in [1.165, 1.54) is 0 Å². The number of hydrogen-bond donors (Lipinski definition) is 2. The van der Waals surface area contributed by atoms with Crippen molar-refractivity contribution in [3.8, 4) is 17.6 Å². The lowest BCUT2D eigenvalue weighted by atomic mass is 10.1. The van der Waals surface area contributed by atoms with Gasteiger partial charge in [-0.25, -0.2) is 0 Å². The average Bonchev–Trinajstić information content (AvgIpc) is 2.25. The molecule has 3 heteroatoms. The van der Waals surface area contributed by atoms with Gasteiger partial charge in [0.05, 0.1) is 0 Å². The summed E-state index contributed by atoms with van der Waals surface area (Å²) in [6.07, 6.45) is 2.38. The maximum atomic E-state index is 10.2. The molecule has 0 aromatic heterocycles. The average molecular weight is 218 g/mol. The number of carboxylic acids is 1. The summed E-state index contributed by atoms with van der Waals surface area (Å²) in [7, 11) is 0. The molecule has 0 saturated heterocycles. The standard InChI is InChI=1S/C13H14O3/c14-12-9-7-11(8-10-12)5-3-1-2-4-6-13(15)16/h7-10,14H,1-2,4,6H2,(H,15,16). The molecule has 1 rings (SSSR count). The highest BCUT2D eigenvalue weighted by atomic mass is 16.4. The maximum absolute atomic E-state index is 10.2.